The van der Waals surface area contributed by atoms with Crippen molar-refractivity contribution in [3.8, 4) is 0 Å². The molecule has 0 saturated heterocycles. The summed E-state index contributed by atoms with van der Waals surface area (Å²) in [5.74, 6) is 1.97. The van der Waals surface area contributed by atoms with Crippen LogP contribution in [0.5, 0.6) is 0 Å². The van der Waals surface area contributed by atoms with Crippen molar-refractivity contribution in [2.75, 3.05) is 0 Å². The van der Waals surface area contributed by atoms with Gasteiger partial charge in [-0.25, -0.2) is 0 Å². The Morgan fingerprint density at radius 1 is 1.00 bits per heavy atom. The largest absolute Gasteiger partial charge is 0.327 e. The predicted molar refractivity (Wildman–Crippen MR) is 49.9 cm³/mol. The maximum Gasteiger partial charge on any atom is 0.00699 e. The van der Waals surface area contributed by atoms with E-state index in [1.54, 1.807) is 0 Å². The van der Waals surface area contributed by atoms with Crippen LogP contribution < -0.4 is 5.73 Å². The molecule has 0 aliphatic heterocycles. The fourth-order valence-corrected chi connectivity index (χ4v) is 2.30. The van der Waals surface area contributed by atoms with Crippen LogP contribution in [0.3, 0.4) is 0 Å². The third-order valence-electron chi connectivity index (χ3n) is 3.14. The molecule has 11 heavy (non-hydrogen) atoms. The summed E-state index contributed by atoms with van der Waals surface area (Å²) in [4.78, 5) is 0. The molecule has 0 aromatic heterocycles. The van der Waals surface area contributed by atoms with Crippen LogP contribution in [0.25, 0.3) is 0 Å². The van der Waals surface area contributed by atoms with E-state index in [9.17, 15) is 0 Å². The molecule has 2 fully saturated rings. The van der Waals surface area contributed by atoms with Crippen molar-refractivity contribution in [1.29, 1.82) is 0 Å². The molecule has 2 saturated carbocycles. The van der Waals surface area contributed by atoms with E-state index in [0.717, 1.165) is 11.8 Å². The van der Waals surface area contributed by atoms with E-state index in [1.165, 1.54) is 38.5 Å². The van der Waals surface area contributed by atoms with E-state index in [4.69, 9.17) is 5.73 Å². The van der Waals surface area contributed by atoms with Gasteiger partial charge in [0.1, 0.15) is 0 Å². The average molecular weight is 176 g/mol. The van der Waals surface area contributed by atoms with Gasteiger partial charge >= 0.3 is 0 Å². The van der Waals surface area contributed by atoms with Gasteiger partial charge in [-0.3, -0.25) is 0 Å². The lowest BCUT2D eigenvalue weighted by molar-refractivity contribution is 0.434. The summed E-state index contributed by atoms with van der Waals surface area (Å²) in [6, 6.07) is 0.560. The molecular weight excluding hydrogens is 158 g/mol. The molecule has 66 valence electrons. The van der Waals surface area contributed by atoms with Crippen molar-refractivity contribution >= 4 is 12.4 Å². The first-order valence-corrected chi connectivity index (χ1v) is 4.63. The van der Waals surface area contributed by atoms with Crippen LogP contribution >= 0.6 is 12.4 Å². The number of fused-ring (bicyclic) bond motifs is 1. The maximum atomic E-state index is 5.99. The zero-order chi connectivity index (χ0) is 6.97. The highest BCUT2D eigenvalue weighted by molar-refractivity contribution is 5.85. The Morgan fingerprint density at radius 2 is 1.73 bits per heavy atom. The van der Waals surface area contributed by atoms with Crippen LogP contribution in [0.4, 0.5) is 0 Å². The van der Waals surface area contributed by atoms with Crippen molar-refractivity contribution < 1.29 is 0 Å². The second-order valence-corrected chi connectivity index (χ2v) is 3.96. The Kier molecular flexibility index (Phi) is 3.20. The first-order chi connectivity index (χ1) is 4.88. The molecule has 0 spiro atoms. The topological polar surface area (TPSA) is 26.0 Å². The van der Waals surface area contributed by atoms with Gasteiger partial charge in [-0.1, -0.05) is 25.7 Å². The number of hydrogen-bond acceptors (Lipinski definition) is 1. The summed E-state index contributed by atoms with van der Waals surface area (Å²) < 4.78 is 0. The summed E-state index contributed by atoms with van der Waals surface area (Å²) in [6.07, 6.45) is 8.48. The molecule has 0 aromatic carbocycles. The van der Waals surface area contributed by atoms with Crippen molar-refractivity contribution in [3.05, 3.63) is 0 Å². The molecule has 2 aliphatic rings. The molecule has 2 N–H and O–H groups in total. The Balaban J connectivity index is 0.000000605. The van der Waals surface area contributed by atoms with Crippen LogP contribution in [-0.2, 0) is 0 Å². The Morgan fingerprint density at radius 3 is 2.55 bits per heavy atom. The average Bonchev–Trinajstić information content (AvgIpc) is 2.62. The fourth-order valence-electron chi connectivity index (χ4n) is 2.30. The van der Waals surface area contributed by atoms with Gasteiger partial charge in [-0.2, -0.15) is 0 Å². The minimum atomic E-state index is 0. The number of rotatable bonds is 0. The lowest BCUT2D eigenvalue weighted by Gasteiger charge is -2.13. The smallest absolute Gasteiger partial charge is 0.00699 e. The number of nitrogens with two attached hydrogens (primary N) is 1. The minimum absolute atomic E-state index is 0. The highest BCUT2D eigenvalue weighted by atomic mass is 35.5. The van der Waals surface area contributed by atoms with Crippen LogP contribution in [0, 0.1) is 11.8 Å². The first-order valence-electron chi connectivity index (χ1n) is 4.63. The zero-order valence-electron chi connectivity index (χ0n) is 6.96. The molecule has 3 unspecified atom stereocenters. The van der Waals surface area contributed by atoms with E-state index >= 15 is 0 Å². The van der Waals surface area contributed by atoms with Gasteiger partial charge in [0.15, 0.2) is 0 Å². The van der Waals surface area contributed by atoms with Gasteiger partial charge in [0.2, 0.25) is 0 Å². The van der Waals surface area contributed by atoms with Crippen molar-refractivity contribution in [1.82, 2.24) is 0 Å². The van der Waals surface area contributed by atoms with Crippen LogP contribution in [0.15, 0.2) is 0 Å². The molecule has 2 heteroatoms. The van der Waals surface area contributed by atoms with Gasteiger partial charge < -0.3 is 5.73 Å². The minimum Gasteiger partial charge on any atom is -0.327 e. The summed E-state index contributed by atoms with van der Waals surface area (Å²) in [5.41, 5.74) is 5.99. The Hall–Kier alpha value is 0.250. The normalized spacial score (nSPS) is 42.8. The van der Waals surface area contributed by atoms with Crippen LogP contribution in [0.1, 0.15) is 38.5 Å². The zero-order valence-corrected chi connectivity index (χ0v) is 7.78. The molecule has 0 heterocycles. The van der Waals surface area contributed by atoms with E-state index in [-0.39, 0.29) is 12.4 Å². The van der Waals surface area contributed by atoms with E-state index < -0.39 is 0 Å². The van der Waals surface area contributed by atoms with Crippen LogP contribution in [0.2, 0.25) is 0 Å². The molecule has 0 aromatic rings. The Bertz CT molecular complexity index is 127. The third-order valence-corrected chi connectivity index (χ3v) is 3.14. The maximum absolute atomic E-state index is 5.99. The predicted octanol–water partition coefficient (Wildman–Crippen LogP) is 2.34. The second kappa shape index (κ2) is 3.77. The lowest BCUT2D eigenvalue weighted by Crippen LogP contribution is -2.24. The van der Waals surface area contributed by atoms with Crippen molar-refractivity contribution in [2.24, 2.45) is 17.6 Å². The number of halogens is 1. The van der Waals surface area contributed by atoms with Crippen molar-refractivity contribution in [3.63, 3.8) is 0 Å². The lowest BCUT2D eigenvalue weighted by atomic mass is 9.97. The first kappa shape index (κ1) is 9.34. The highest BCUT2D eigenvalue weighted by Crippen LogP contribution is 2.46. The quantitative estimate of drug-likeness (QED) is 0.601. The SMILES string of the molecule is Cl.NC1CCCCCC2CC12. The van der Waals surface area contributed by atoms with Gasteiger partial charge in [0.25, 0.3) is 0 Å². The van der Waals surface area contributed by atoms with Gasteiger partial charge in [0, 0.05) is 6.04 Å². The molecule has 1 nitrogen and oxygen atoms in total. The highest BCUT2D eigenvalue weighted by Gasteiger charge is 2.40. The Labute approximate surface area is 75.1 Å². The number of hydrogen-bond donors (Lipinski definition) is 1. The van der Waals surface area contributed by atoms with E-state index in [0.29, 0.717) is 6.04 Å². The molecule has 3 atom stereocenters. The van der Waals surface area contributed by atoms with Gasteiger partial charge in [-0.15, -0.1) is 12.4 Å². The molecule has 2 rings (SSSR count). The van der Waals surface area contributed by atoms with Gasteiger partial charge in [-0.05, 0) is 24.7 Å². The summed E-state index contributed by atoms with van der Waals surface area (Å²) in [5, 5.41) is 0. The summed E-state index contributed by atoms with van der Waals surface area (Å²) >= 11 is 0. The summed E-state index contributed by atoms with van der Waals surface area (Å²) in [6.45, 7) is 0. The van der Waals surface area contributed by atoms with Crippen molar-refractivity contribution in [2.45, 2.75) is 44.6 Å². The standard InChI is InChI=1S/C9H17N.ClH/c10-9-5-3-1-2-4-7-6-8(7)9;/h7-9H,1-6,10H2;1H. The molecule has 0 bridgehead atoms. The second-order valence-electron chi connectivity index (χ2n) is 3.96. The molecular formula is C9H18ClN. The van der Waals surface area contributed by atoms with E-state index in [1.807, 2.05) is 0 Å². The molecule has 2 aliphatic carbocycles. The third kappa shape index (κ3) is 2.09. The molecule has 0 amide bonds. The van der Waals surface area contributed by atoms with Gasteiger partial charge in [0.05, 0.1) is 0 Å². The van der Waals surface area contributed by atoms with Crippen LogP contribution in [-0.4, -0.2) is 6.04 Å². The monoisotopic (exact) mass is 175 g/mol. The fraction of sp³-hybridized carbons (Fsp3) is 1.00. The molecule has 0 radical (unpaired) electrons. The summed E-state index contributed by atoms with van der Waals surface area (Å²) in [7, 11) is 0. The van der Waals surface area contributed by atoms with E-state index in [2.05, 4.69) is 0 Å².